The Bertz CT molecular complexity index is 569. The highest BCUT2D eigenvalue weighted by molar-refractivity contribution is 7.09. The number of aromatic nitrogens is 1. The third kappa shape index (κ3) is 3.23. The summed E-state index contributed by atoms with van der Waals surface area (Å²) in [6.45, 7) is 2.01. The smallest absolute Gasteiger partial charge is 0.337 e. The molecule has 0 aliphatic carbocycles. The van der Waals surface area contributed by atoms with Crippen molar-refractivity contribution in [2.24, 2.45) is 0 Å². The Hall–Kier alpha value is -2.08. The van der Waals surface area contributed by atoms with E-state index < -0.39 is 5.97 Å². The summed E-state index contributed by atoms with van der Waals surface area (Å²) in [6.07, 6.45) is 2.29. The maximum Gasteiger partial charge on any atom is 0.337 e. The highest BCUT2D eigenvalue weighted by Crippen LogP contribution is 2.21. The lowest BCUT2D eigenvalue weighted by molar-refractivity contribution is 0.0698. The average molecular weight is 277 g/mol. The van der Waals surface area contributed by atoms with Gasteiger partial charge in [-0.1, -0.05) is 6.07 Å². The number of carboxylic acids is 1. The zero-order chi connectivity index (χ0) is 13.8. The lowest BCUT2D eigenvalue weighted by atomic mass is 10.2. The van der Waals surface area contributed by atoms with Crippen LogP contribution in [0.1, 0.15) is 22.2 Å². The zero-order valence-corrected chi connectivity index (χ0v) is 11.3. The molecule has 0 amide bonds. The number of anilines is 2. The minimum Gasteiger partial charge on any atom is -0.478 e. The van der Waals surface area contributed by atoms with Gasteiger partial charge >= 0.3 is 5.97 Å². The Labute approximate surface area is 115 Å². The second kappa shape index (κ2) is 5.71. The first-order chi connectivity index (χ1) is 9.08. The molecule has 2 rings (SSSR count). The lowest BCUT2D eigenvalue weighted by Crippen LogP contribution is -2.20. The number of nitrogens with two attached hydrogens (primary N) is 1. The molecule has 0 bridgehead atoms. The number of nitrogens with zero attached hydrogens (tertiary/aromatic N) is 1. The number of carboxylic acid groups (broad SMARTS) is 1. The fourth-order valence-corrected chi connectivity index (χ4v) is 2.62. The fourth-order valence-electron chi connectivity index (χ4n) is 1.79. The summed E-state index contributed by atoms with van der Waals surface area (Å²) in [6, 6.07) is 5.59. The molecule has 0 spiro atoms. The van der Waals surface area contributed by atoms with Gasteiger partial charge in [0, 0.05) is 23.5 Å². The topological polar surface area (TPSA) is 88.2 Å². The van der Waals surface area contributed by atoms with Gasteiger partial charge in [-0.3, -0.25) is 0 Å². The normalized spacial score (nSPS) is 12.1. The zero-order valence-electron chi connectivity index (χ0n) is 10.5. The number of hydrogen-bond acceptors (Lipinski definition) is 5. The van der Waals surface area contributed by atoms with Crippen LogP contribution in [0.15, 0.2) is 29.8 Å². The van der Waals surface area contributed by atoms with Crippen LogP contribution >= 0.6 is 11.3 Å². The molecule has 1 atom stereocenters. The van der Waals surface area contributed by atoms with E-state index in [-0.39, 0.29) is 17.3 Å². The van der Waals surface area contributed by atoms with E-state index in [1.165, 1.54) is 17.1 Å². The SMILES string of the molecule is CC(Cc1cccs1)Nc1nccc(C(=O)O)c1N. The molecule has 4 N–H and O–H groups in total. The van der Waals surface area contributed by atoms with Crippen molar-refractivity contribution in [2.75, 3.05) is 11.1 Å². The number of rotatable bonds is 5. The lowest BCUT2D eigenvalue weighted by Gasteiger charge is -2.15. The summed E-state index contributed by atoms with van der Waals surface area (Å²) in [5, 5.41) is 14.2. The van der Waals surface area contributed by atoms with Crippen LogP contribution in [0.25, 0.3) is 0 Å². The molecule has 2 aromatic rings. The van der Waals surface area contributed by atoms with Crippen molar-refractivity contribution >= 4 is 28.8 Å². The summed E-state index contributed by atoms with van der Waals surface area (Å²) >= 11 is 1.69. The molecule has 2 heterocycles. The van der Waals surface area contributed by atoms with E-state index in [9.17, 15) is 4.79 Å². The van der Waals surface area contributed by atoms with Gasteiger partial charge in [0.1, 0.15) is 5.82 Å². The summed E-state index contributed by atoms with van der Waals surface area (Å²) in [5.74, 6) is -0.627. The van der Waals surface area contributed by atoms with Crippen LogP contribution in [0.3, 0.4) is 0 Å². The Morgan fingerprint density at radius 2 is 2.37 bits per heavy atom. The van der Waals surface area contributed by atoms with E-state index >= 15 is 0 Å². The first kappa shape index (κ1) is 13.4. The van der Waals surface area contributed by atoms with Gasteiger partial charge in [0.25, 0.3) is 0 Å². The molecule has 0 saturated heterocycles. The Kier molecular flexibility index (Phi) is 4.01. The number of carbonyl (C=O) groups is 1. The Morgan fingerprint density at radius 1 is 1.58 bits per heavy atom. The maximum atomic E-state index is 11.0. The van der Waals surface area contributed by atoms with E-state index in [1.807, 2.05) is 18.4 Å². The van der Waals surface area contributed by atoms with Gasteiger partial charge in [-0.15, -0.1) is 11.3 Å². The predicted octanol–water partition coefficient (Wildman–Crippen LogP) is 2.47. The molecule has 100 valence electrons. The van der Waals surface area contributed by atoms with Crippen LogP contribution in [0.5, 0.6) is 0 Å². The number of thiophene rings is 1. The van der Waals surface area contributed by atoms with Gasteiger partial charge in [0.15, 0.2) is 0 Å². The number of nitrogens with one attached hydrogen (secondary N) is 1. The van der Waals surface area contributed by atoms with Crippen molar-refractivity contribution in [2.45, 2.75) is 19.4 Å². The molecule has 0 aromatic carbocycles. The second-order valence-electron chi connectivity index (χ2n) is 4.25. The fraction of sp³-hybridized carbons (Fsp3) is 0.231. The molecule has 0 fully saturated rings. The van der Waals surface area contributed by atoms with Crippen molar-refractivity contribution in [1.29, 1.82) is 0 Å². The van der Waals surface area contributed by atoms with Crippen LogP contribution in [0.2, 0.25) is 0 Å². The van der Waals surface area contributed by atoms with Gasteiger partial charge in [-0.2, -0.15) is 0 Å². The highest BCUT2D eigenvalue weighted by Gasteiger charge is 2.14. The molecular weight excluding hydrogens is 262 g/mol. The van der Waals surface area contributed by atoms with Gasteiger partial charge < -0.3 is 16.2 Å². The number of aromatic carboxylic acids is 1. The molecule has 2 aromatic heterocycles. The van der Waals surface area contributed by atoms with Gasteiger partial charge in [-0.05, 0) is 24.4 Å². The molecule has 0 aliphatic rings. The summed E-state index contributed by atoms with van der Waals surface area (Å²) in [4.78, 5) is 16.3. The molecule has 5 nitrogen and oxygen atoms in total. The minimum absolute atomic E-state index is 0.0702. The van der Waals surface area contributed by atoms with E-state index in [1.54, 1.807) is 11.3 Å². The van der Waals surface area contributed by atoms with Crippen LogP contribution in [-0.2, 0) is 6.42 Å². The monoisotopic (exact) mass is 277 g/mol. The largest absolute Gasteiger partial charge is 0.478 e. The number of nitrogen functional groups attached to an aromatic ring is 1. The minimum atomic E-state index is -1.05. The van der Waals surface area contributed by atoms with Crippen LogP contribution < -0.4 is 11.1 Å². The van der Waals surface area contributed by atoms with Gasteiger partial charge in [0.2, 0.25) is 0 Å². The Morgan fingerprint density at radius 3 is 3.00 bits per heavy atom. The molecule has 0 saturated carbocycles. The quantitative estimate of drug-likeness (QED) is 0.781. The van der Waals surface area contributed by atoms with E-state index in [0.29, 0.717) is 5.82 Å². The van der Waals surface area contributed by atoms with Crippen molar-refractivity contribution in [1.82, 2.24) is 4.98 Å². The summed E-state index contributed by atoms with van der Waals surface area (Å²) in [5.41, 5.74) is 6.05. The van der Waals surface area contributed by atoms with Crippen LogP contribution in [-0.4, -0.2) is 22.1 Å². The average Bonchev–Trinajstić information content (AvgIpc) is 2.84. The van der Waals surface area contributed by atoms with Crippen molar-refractivity contribution < 1.29 is 9.90 Å². The molecule has 19 heavy (non-hydrogen) atoms. The molecule has 0 radical (unpaired) electrons. The number of pyridine rings is 1. The second-order valence-corrected chi connectivity index (χ2v) is 5.29. The van der Waals surface area contributed by atoms with Crippen molar-refractivity contribution in [3.05, 3.63) is 40.2 Å². The van der Waals surface area contributed by atoms with E-state index in [4.69, 9.17) is 10.8 Å². The molecular formula is C13H15N3O2S. The third-order valence-electron chi connectivity index (χ3n) is 2.69. The molecule has 1 unspecified atom stereocenters. The van der Waals surface area contributed by atoms with Crippen LogP contribution in [0.4, 0.5) is 11.5 Å². The molecule has 0 aliphatic heterocycles. The summed E-state index contributed by atoms with van der Waals surface area (Å²) < 4.78 is 0. The third-order valence-corrected chi connectivity index (χ3v) is 3.59. The molecule has 6 heteroatoms. The first-order valence-electron chi connectivity index (χ1n) is 5.84. The van der Waals surface area contributed by atoms with Gasteiger partial charge in [-0.25, -0.2) is 9.78 Å². The van der Waals surface area contributed by atoms with E-state index in [2.05, 4.69) is 16.4 Å². The first-order valence-corrected chi connectivity index (χ1v) is 6.72. The Balaban J connectivity index is 2.10. The maximum absolute atomic E-state index is 11.0. The number of hydrogen-bond donors (Lipinski definition) is 3. The van der Waals surface area contributed by atoms with Crippen LogP contribution in [0, 0.1) is 0 Å². The summed E-state index contributed by atoms with van der Waals surface area (Å²) in [7, 11) is 0. The standard InChI is InChI=1S/C13H15N3O2S/c1-8(7-9-3-2-6-19-9)16-12-11(14)10(13(17)18)4-5-15-12/h2-6,8H,7,14H2,1H3,(H,15,16)(H,17,18). The van der Waals surface area contributed by atoms with E-state index in [0.717, 1.165) is 6.42 Å². The highest BCUT2D eigenvalue weighted by atomic mass is 32.1. The van der Waals surface area contributed by atoms with Gasteiger partial charge in [0.05, 0.1) is 11.3 Å². The van der Waals surface area contributed by atoms with Crippen molar-refractivity contribution in [3.63, 3.8) is 0 Å². The van der Waals surface area contributed by atoms with Crippen molar-refractivity contribution in [3.8, 4) is 0 Å². The predicted molar refractivity (Wildman–Crippen MR) is 76.7 cm³/mol.